The summed E-state index contributed by atoms with van der Waals surface area (Å²) in [5, 5.41) is 0. The van der Waals surface area contributed by atoms with E-state index in [1.54, 1.807) is 0 Å². The smallest absolute Gasteiger partial charge is 0.399 e. The summed E-state index contributed by atoms with van der Waals surface area (Å²) in [5.41, 5.74) is 5.16. The van der Waals surface area contributed by atoms with Gasteiger partial charge in [0.15, 0.2) is 0 Å². The molecule has 0 aromatic heterocycles. The summed E-state index contributed by atoms with van der Waals surface area (Å²) in [6, 6.07) is 27.4. The lowest BCUT2D eigenvalue weighted by Crippen LogP contribution is -2.53. The van der Waals surface area contributed by atoms with Crippen molar-refractivity contribution in [2.24, 2.45) is 11.8 Å². The van der Waals surface area contributed by atoms with E-state index in [2.05, 4.69) is 122 Å². The van der Waals surface area contributed by atoms with Crippen LogP contribution in [0.3, 0.4) is 0 Å². The topological polar surface area (TPSA) is 46.2 Å². The van der Waals surface area contributed by atoms with E-state index in [1.807, 2.05) is 12.1 Å². The van der Waals surface area contributed by atoms with Crippen LogP contribution in [0.4, 0.5) is 0 Å². The first-order valence-electron chi connectivity index (χ1n) is 16.4. The van der Waals surface area contributed by atoms with Gasteiger partial charge in [-0.25, -0.2) is 0 Å². The van der Waals surface area contributed by atoms with E-state index in [0.29, 0.717) is 25.7 Å². The normalized spacial score (nSPS) is 26.9. The van der Waals surface area contributed by atoms with Gasteiger partial charge in [-0.15, -0.1) is 0 Å². The first-order chi connectivity index (χ1) is 21.0. The van der Waals surface area contributed by atoms with Gasteiger partial charge in [0.25, 0.3) is 0 Å². The predicted molar refractivity (Wildman–Crippen MR) is 178 cm³/mol. The minimum Gasteiger partial charge on any atom is -0.399 e. The van der Waals surface area contributed by atoms with Gasteiger partial charge in [0.1, 0.15) is 0 Å². The number of hydrogen-bond donors (Lipinski definition) is 0. The fourth-order valence-corrected chi connectivity index (χ4v) is 6.61. The third-order valence-corrected chi connectivity index (χ3v) is 10.3. The van der Waals surface area contributed by atoms with E-state index in [9.17, 15) is 0 Å². The van der Waals surface area contributed by atoms with Crippen molar-refractivity contribution in [1.29, 1.82) is 0 Å². The van der Waals surface area contributed by atoms with Crippen molar-refractivity contribution >= 4 is 12.6 Å². The third kappa shape index (κ3) is 7.16. The van der Waals surface area contributed by atoms with Crippen molar-refractivity contribution in [3.63, 3.8) is 0 Å². The molecule has 6 heteroatoms. The van der Waals surface area contributed by atoms with Gasteiger partial charge in [-0.3, -0.25) is 0 Å². The SMILES string of the molecule is CC[C@H](c1ccc(B2OC(C)(C)C(C)(C)O2)cc1C)[C@H]1OC(COCc2ccccc2)[C@@H](C)[C@H](C)C1OCc1ccccc1. The highest BCUT2D eigenvalue weighted by Crippen LogP contribution is 2.42. The predicted octanol–water partition coefficient (Wildman–Crippen LogP) is 7.63. The Labute approximate surface area is 265 Å². The van der Waals surface area contributed by atoms with Gasteiger partial charge in [-0.05, 0) is 80.6 Å². The Morgan fingerprint density at radius 2 is 1.39 bits per heavy atom. The van der Waals surface area contributed by atoms with Crippen molar-refractivity contribution in [2.45, 2.75) is 110 Å². The highest BCUT2D eigenvalue weighted by molar-refractivity contribution is 6.62. The van der Waals surface area contributed by atoms with Gasteiger partial charge in [0.05, 0.1) is 49.3 Å². The van der Waals surface area contributed by atoms with Gasteiger partial charge in [-0.2, -0.15) is 0 Å². The van der Waals surface area contributed by atoms with E-state index in [1.165, 1.54) is 22.3 Å². The third-order valence-electron chi connectivity index (χ3n) is 10.3. The minimum absolute atomic E-state index is 0.0198. The average molecular weight is 599 g/mol. The van der Waals surface area contributed by atoms with Crippen LogP contribution in [0.25, 0.3) is 0 Å². The Morgan fingerprint density at radius 1 is 0.795 bits per heavy atom. The second-order valence-corrected chi connectivity index (χ2v) is 13.8. The molecule has 2 aliphatic rings. The largest absolute Gasteiger partial charge is 0.494 e. The maximum Gasteiger partial charge on any atom is 0.494 e. The second-order valence-electron chi connectivity index (χ2n) is 13.8. The fraction of sp³-hybridized carbons (Fsp3) is 0.526. The van der Waals surface area contributed by atoms with Crippen LogP contribution < -0.4 is 5.46 Å². The Balaban J connectivity index is 1.38. The Bertz CT molecular complexity index is 1330. The number of aryl methyl sites for hydroxylation is 1. The van der Waals surface area contributed by atoms with Gasteiger partial charge < -0.3 is 23.5 Å². The first kappa shape index (κ1) is 32.9. The molecule has 3 aromatic carbocycles. The molecule has 2 saturated heterocycles. The number of rotatable bonds is 11. The van der Waals surface area contributed by atoms with Crippen molar-refractivity contribution < 1.29 is 23.5 Å². The molecule has 6 atom stereocenters. The second kappa shape index (κ2) is 13.9. The zero-order valence-corrected chi connectivity index (χ0v) is 27.9. The Kier molecular flexibility index (Phi) is 10.4. The van der Waals surface area contributed by atoms with Crippen LogP contribution >= 0.6 is 0 Å². The summed E-state index contributed by atoms with van der Waals surface area (Å²) < 4.78 is 32.8. The lowest BCUT2D eigenvalue weighted by atomic mass is 9.73. The molecule has 0 radical (unpaired) electrons. The van der Waals surface area contributed by atoms with Crippen LogP contribution in [0.1, 0.15) is 83.1 Å². The molecule has 2 fully saturated rings. The highest BCUT2D eigenvalue weighted by Gasteiger charge is 2.52. The number of benzene rings is 3. The molecule has 5 nitrogen and oxygen atoms in total. The summed E-state index contributed by atoms with van der Waals surface area (Å²) in [5.74, 6) is 0.739. The van der Waals surface area contributed by atoms with Crippen LogP contribution in [0.15, 0.2) is 78.9 Å². The molecular formula is C38H51BO5. The summed E-state index contributed by atoms with van der Waals surface area (Å²) in [6.07, 6.45) is 0.753. The van der Waals surface area contributed by atoms with E-state index in [4.69, 9.17) is 23.5 Å². The minimum atomic E-state index is -0.382. The Morgan fingerprint density at radius 3 is 1.95 bits per heavy atom. The molecule has 2 unspecified atom stereocenters. The van der Waals surface area contributed by atoms with Crippen LogP contribution in [0.5, 0.6) is 0 Å². The zero-order chi connectivity index (χ0) is 31.5. The number of hydrogen-bond acceptors (Lipinski definition) is 5. The highest BCUT2D eigenvalue weighted by atomic mass is 16.7. The molecule has 236 valence electrons. The molecule has 5 rings (SSSR count). The molecule has 0 saturated carbocycles. The van der Waals surface area contributed by atoms with Crippen molar-refractivity contribution in [3.05, 3.63) is 101 Å². The van der Waals surface area contributed by atoms with E-state index >= 15 is 0 Å². The van der Waals surface area contributed by atoms with Crippen LogP contribution in [-0.2, 0) is 36.7 Å². The van der Waals surface area contributed by atoms with Crippen LogP contribution in [0.2, 0.25) is 0 Å². The standard InChI is InChI=1S/C38H51BO5/c1-9-32(33-21-20-31(22-26(33)2)39-43-37(5,6)38(7,8)44-39)36-35(41-24-30-18-14-11-15-19-30)28(4)27(3)34(42-36)25-40-23-29-16-12-10-13-17-29/h10-22,27-28,32,34-36H,9,23-25H2,1-8H3/t27-,28-,32+,34?,35?,36+/m0/s1. The van der Waals surface area contributed by atoms with E-state index in [0.717, 1.165) is 11.9 Å². The van der Waals surface area contributed by atoms with Crippen LogP contribution in [0, 0.1) is 18.8 Å². The van der Waals surface area contributed by atoms with Gasteiger partial charge >= 0.3 is 7.12 Å². The molecule has 0 spiro atoms. The maximum absolute atomic E-state index is 7.06. The van der Waals surface area contributed by atoms with E-state index in [-0.39, 0.29) is 48.5 Å². The maximum atomic E-state index is 7.06. The van der Waals surface area contributed by atoms with Gasteiger partial charge in [-0.1, -0.05) is 99.6 Å². The Hall–Kier alpha value is -2.48. The summed E-state index contributed by atoms with van der Waals surface area (Å²) >= 11 is 0. The molecule has 3 aromatic rings. The fourth-order valence-electron chi connectivity index (χ4n) is 6.61. The number of ether oxygens (including phenoxy) is 3. The molecule has 0 aliphatic carbocycles. The lowest BCUT2D eigenvalue weighted by Gasteiger charge is -2.47. The first-order valence-corrected chi connectivity index (χ1v) is 16.4. The summed E-state index contributed by atoms with van der Waals surface area (Å²) in [7, 11) is -0.382. The average Bonchev–Trinajstić information content (AvgIpc) is 3.23. The molecule has 0 bridgehead atoms. The van der Waals surface area contributed by atoms with Crippen molar-refractivity contribution in [1.82, 2.24) is 0 Å². The van der Waals surface area contributed by atoms with Crippen LogP contribution in [-0.4, -0.2) is 43.2 Å². The summed E-state index contributed by atoms with van der Waals surface area (Å²) in [6.45, 7) is 19.1. The molecule has 0 N–H and O–H groups in total. The zero-order valence-electron chi connectivity index (χ0n) is 27.9. The molecule has 2 aliphatic heterocycles. The quantitative estimate of drug-likeness (QED) is 0.213. The summed E-state index contributed by atoms with van der Waals surface area (Å²) in [4.78, 5) is 0. The van der Waals surface area contributed by atoms with Gasteiger partial charge in [0, 0.05) is 5.92 Å². The molecule has 44 heavy (non-hydrogen) atoms. The molecule has 2 heterocycles. The molecular weight excluding hydrogens is 547 g/mol. The molecule has 0 amide bonds. The van der Waals surface area contributed by atoms with Crippen molar-refractivity contribution in [2.75, 3.05) is 6.61 Å². The lowest BCUT2D eigenvalue weighted by molar-refractivity contribution is -0.210. The van der Waals surface area contributed by atoms with Crippen molar-refractivity contribution in [3.8, 4) is 0 Å². The van der Waals surface area contributed by atoms with Gasteiger partial charge in [0.2, 0.25) is 0 Å². The van der Waals surface area contributed by atoms with E-state index < -0.39 is 0 Å². The monoisotopic (exact) mass is 598 g/mol.